The average Bonchev–Trinajstić information content (AvgIpc) is 3.51. The van der Waals surface area contributed by atoms with Crippen LogP contribution in [0.3, 0.4) is 0 Å². The van der Waals surface area contributed by atoms with Crippen molar-refractivity contribution in [2.75, 3.05) is 48.9 Å². The molecule has 1 atom stereocenters. The van der Waals surface area contributed by atoms with Crippen molar-refractivity contribution in [2.45, 2.75) is 89.3 Å². The molecule has 2 N–H and O–H groups in total. The van der Waals surface area contributed by atoms with Crippen LogP contribution in [0.25, 0.3) is 0 Å². The Kier molecular flexibility index (Phi) is 9.22. The third-order valence-electron chi connectivity index (χ3n) is 8.63. The van der Waals surface area contributed by atoms with E-state index >= 15 is 0 Å². The third kappa shape index (κ3) is 7.30. The van der Waals surface area contributed by atoms with E-state index in [9.17, 15) is 23.2 Å². The van der Waals surface area contributed by atoms with Crippen molar-refractivity contribution in [3.8, 4) is 0 Å². The van der Waals surface area contributed by atoms with Crippen LogP contribution in [0.1, 0.15) is 65.7 Å². The minimum atomic E-state index is -3.56. The summed E-state index contributed by atoms with van der Waals surface area (Å²) in [4.78, 5) is 51.2. The molecule has 45 heavy (non-hydrogen) atoms. The van der Waals surface area contributed by atoms with Crippen molar-refractivity contribution >= 4 is 35.4 Å². The highest BCUT2D eigenvalue weighted by atomic mass is 19.3. The van der Waals surface area contributed by atoms with E-state index in [1.165, 1.54) is 20.4 Å². The average molecular weight is 632 g/mol. The number of hydrogen-bond acceptors (Lipinski definition) is 9. The van der Waals surface area contributed by atoms with Crippen molar-refractivity contribution in [1.82, 2.24) is 20.2 Å². The molecule has 2 aliphatic carbocycles. The Morgan fingerprint density at radius 2 is 1.80 bits per heavy atom. The lowest BCUT2D eigenvalue weighted by Gasteiger charge is -2.34. The van der Waals surface area contributed by atoms with Crippen molar-refractivity contribution in [3.63, 3.8) is 0 Å². The number of likely N-dealkylation sites (tertiary alicyclic amines) is 1. The first-order chi connectivity index (χ1) is 21.3. The van der Waals surface area contributed by atoms with Gasteiger partial charge >= 0.3 is 12.0 Å². The zero-order valence-electron chi connectivity index (χ0n) is 26.6. The van der Waals surface area contributed by atoms with Crippen LogP contribution < -0.4 is 20.4 Å². The van der Waals surface area contributed by atoms with Gasteiger partial charge in [-0.05, 0) is 59.0 Å². The van der Waals surface area contributed by atoms with E-state index in [0.717, 1.165) is 30.6 Å². The second kappa shape index (κ2) is 12.8. The Hall–Kier alpha value is -3.97. The summed E-state index contributed by atoms with van der Waals surface area (Å²) in [6.45, 7) is 5.74. The van der Waals surface area contributed by atoms with E-state index in [1.54, 1.807) is 15.9 Å². The molecule has 5 rings (SSSR count). The summed E-state index contributed by atoms with van der Waals surface area (Å²) in [5.41, 5.74) is 0.206. The fraction of sp³-hybridized carbons (Fsp3) is 0.645. The lowest BCUT2D eigenvalue weighted by atomic mass is 9.96. The predicted octanol–water partition coefficient (Wildman–Crippen LogP) is 4.20. The number of nitrogens with zero attached hydrogens (tertiary/aromatic N) is 5. The molecule has 246 valence electrons. The molecule has 0 bridgehead atoms. The monoisotopic (exact) mass is 631 g/mol. The molecule has 0 radical (unpaired) electrons. The van der Waals surface area contributed by atoms with Gasteiger partial charge in [0.25, 0.3) is 5.91 Å². The zero-order valence-corrected chi connectivity index (χ0v) is 26.6. The zero-order chi connectivity index (χ0) is 32.5. The number of carbonyl (C=O) groups is 3. The molecule has 1 saturated heterocycles. The van der Waals surface area contributed by atoms with Gasteiger partial charge in [0.2, 0.25) is 11.9 Å². The van der Waals surface area contributed by atoms with Crippen LogP contribution in [0.5, 0.6) is 0 Å². The molecule has 4 aliphatic rings. The van der Waals surface area contributed by atoms with Crippen LogP contribution >= 0.6 is 0 Å². The van der Waals surface area contributed by atoms with Crippen LogP contribution in [-0.2, 0) is 19.1 Å². The lowest BCUT2D eigenvalue weighted by Crippen LogP contribution is -2.48. The summed E-state index contributed by atoms with van der Waals surface area (Å²) < 4.78 is 40.9. The largest absolute Gasteiger partial charge is 0.495 e. The van der Waals surface area contributed by atoms with E-state index in [0.29, 0.717) is 43.8 Å². The number of amides is 3. The van der Waals surface area contributed by atoms with E-state index in [1.807, 2.05) is 26.8 Å². The number of nitrogens with one attached hydrogen (secondary N) is 2. The third-order valence-corrected chi connectivity index (χ3v) is 8.63. The number of ether oxygens (including phenoxy) is 2. The SMILES string of the molecule is COC1=CC(C(=O)NC2CCN(C(=O)OC(C)(C)C)CC2)CC=C1Nc1ncc2c(n1)N(C1CCCC1)CC(F)(F)C(=O)N2C. The van der Waals surface area contributed by atoms with Crippen molar-refractivity contribution in [1.29, 1.82) is 0 Å². The molecule has 14 heteroatoms. The van der Waals surface area contributed by atoms with Gasteiger partial charge in [-0.25, -0.2) is 9.78 Å². The number of rotatable bonds is 6. The maximum absolute atomic E-state index is 14.9. The van der Waals surface area contributed by atoms with Gasteiger partial charge in [0.15, 0.2) is 5.82 Å². The minimum absolute atomic E-state index is 0.0627. The Morgan fingerprint density at radius 3 is 2.44 bits per heavy atom. The maximum Gasteiger partial charge on any atom is 0.410 e. The Morgan fingerprint density at radius 1 is 1.11 bits per heavy atom. The highest BCUT2D eigenvalue weighted by molar-refractivity contribution is 6.02. The highest BCUT2D eigenvalue weighted by Crippen LogP contribution is 2.39. The van der Waals surface area contributed by atoms with Crippen LogP contribution in [0, 0.1) is 5.92 Å². The van der Waals surface area contributed by atoms with Gasteiger partial charge in [-0.15, -0.1) is 0 Å². The second-order valence-electron chi connectivity index (χ2n) is 13.1. The first-order valence-corrected chi connectivity index (χ1v) is 15.6. The van der Waals surface area contributed by atoms with E-state index in [2.05, 4.69) is 20.6 Å². The van der Waals surface area contributed by atoms with Crippen LogP contribution in [0.15, 0.2) is 29.8 Å². The summed E-state index contributed by atoms with van der Waals surface area (Å²) in [5.74, 6) is -4.59. The molecule has 1 saturated carbocycles. The fourth-order valence-corrected chi connectivity index (χ4v) is 6.22. The normalized spacial score (nSPS) is 22.7. The lowest BCUT2D eigenvalue weighted by molar-refractivity contribution is -0.140. The Bertz CT molecular complexity index is 1360. The molecule has 1 aromatic rings. The van der Waals surface area contributed by atoms with E-state index in [4.69, 9.17) is 9.47 Å². The number of halogens is 2. The number of carbonyl (C=O) groups excluding carboxylic acids is 3. The van der Waals surface area contributed by atoms with Gasteiger partial charge in [-0.1, -0.05) is 18.9 Å². The number of allylic oxidation sites excluding steroid dienone is 1. The smallest absolute Gasteiger partial charge is 0.410 e. The number of methoxy groups -OCH3 is 1. The van der Waals surface area contributed by atoms with Gasteiger partial charge in [0, 0.05) is 32.2 Å². The molecule has 1 aromatic heterocycles. The van der Waals surface area contributed by atoms with Crippen LogP contribution in [0.4, 0.5) is 31.0 Å². The minimum Gasteiger partial charge on any atom is -0.495 e. The number of fused-ring (bicyclic) bond motifs is 1. The Balaban J connectivity index is 1.24. The van der Waals surface area contributed by atoms with Gasteiger partial charge < -0.3 is 34.8 Å². The van der Waals surface area contributed by atoms with E-state index < -0.39 is 29.9 Å². The van der Waals surface area contributed by atoms with Crippen molar-refractivity contribution in [2.24, 2.45) is 5.92 Å². The number of anilines is 3. The Labute approximate surface area is 262 Å². The summed E-state index contributed by atoms with van der Waals surface area (Å²) in [5, 5.41) is 6.23. The summed E-state index contributed by atoms with van der Waals surface area (Å²) >= 11 is 0. The molecule has 3 heterocycles. The molecule has 12 nitrogen and oxygen atoms in total. The molecule has 2 fully saturated rings. The summed E-state index contributed by atoms with van der Waals surface area (Å²) in [6, 6.07) is -0.212. The number of piperidine rings is 1. The molecule has 1 unspecified atom stereocenters. The molecular formula is C31H43F2N7O5. The van der Waals surface area contributed by atoms with Crippen molar-refractivity contribution < 1.29 is 32.6 Å². The second-order valence-corrected chi connectivity index (χ2v) is 13.1. The molecule has 0 aromatic carbocycles. The maximum atomic E-state index is 14.9. The molecule has 0 spiro atoms. The highest BCUT2D eigenvalue weighted by Gasteiger charge is 2.49. The number of alkyl halides is 2. The topological polar surface area (TPSA) is 129 Å². The van der Waals surface area contributed by atoms with Gasteiger partial charge in [-0.3, -0.25) is 9.59 Å². The summed E-state index contributed by atoms with van der Waals surface area (Å²) in [6.07, 6.45) is 9.58. The van der Waals surface area contributed by atoms with Crippen molar-refractivity contribution in [3.05, 3.63) is 29.8 Å². The fourth-order valence-electron chi connectivity index (χ4n) is 6.22. The first kappa shape index (κ1) is 32.4. The standard InChI is InChI=1S/C31H43F2N7O5/c1-30(2,3)45-29(43)39-14-12-20(13-15-39)35-26(41)19-10-11-22(24(16-19)44-5)36-28-34-17-23-25(37-28)40(21-8-6-7-9-21)18-31(32,33)27(42)38(23)4/h11,16-17,19-21H,6-10,12-15,18H2,1-5H3,(H,35,41)(H,34,36,37). The van der Waals surface area contributed by atoms with E-state index in [-0.39, 0.29) is 41.5 Å². The van der Waals surface area contributed by atoms with Crippen LogP contribution in [-0.4, -0.2) is 90.2 Å². The van der Waals surface area contributed by atoms with Gasteiger partial charge in [-0.2, -0.15) is 13.8 Å². The first-order valence-electron chi connectivity index (χ1n) is 15.6. The molecular weight excluding hydrogens is 588 g/mol. The van der Waals surface area contributed by atoms with Gasteiger partial charge in [0.05, 0.1) is 31.5 Å². The van der Waals surface area contributed by atoms with Crippen LogP contribution in [0.2, 0.25) is 0 Å². The number of hydrogen-bond donors (Lipinski definition) is 2. The quantitative estimate of drug-likeness (QED) is 0.475. The number of aromatic nitrogens is 2. The summed E-state index contributed by atoms with van der Waals surface area (Å²) in [7, 11) is 2.81. The predicted molar refractivity (Wildman–Crippen MR) is 164 cm³/mol. The van der Waals surface area contributed by atoms with Gasteiger partial charge in [0.1, 0.15) is 17.0 Å². The molecule has 3 amide bonds. The molecule has 2 aliphatic heterocycles.